The second-order valence-electron chi connectivity index (χ2n) is 5.04. The molecule has 2 rings (SSSR count). The van der Waals surface area contributed by atoms with Gasteiger partial charge in [0.25, 0.3) is 0 Å². The van der Waals surface area contributed by atoms with Gasteiger partial charge in [-0.25, -0.2) is 0 Å². The van der Waals surface area contributed by atoms with Crippen molar-refractivity contribution >= 4 is 26.6 Å². The molecule has 136 valence electrons. The molecule has 25 heavy (non-hydrogen) atoms. The van der Waals surface area contributed by atoms with Crippen molar-refractivity contribution in [2.75, 3.05) is 13.2 Å². The molecular weight excluding hydrogens is 366 g/mol. The van der Waals surface area contributed by atoms with E-state index in [0.717, 1.165) is 0 Å². The SMILES string of the molecule is CCOP(O)c1cc(-c2ccc(O)c(P(=O)(O)OCC)c2)ccc1O. The molecule has 7 nitrogen and oxygen atoms in total. The van der Waals surface area contributed by atoms with Crippen LogP contribution in [0.15, 0.2) is 36.4 Å². The smallest absolute Gasteiger partial charge is 0.362 e. The number of rotatable bonds is 7. The number of hydrogen-bond donors (Lipinski definition) is 4. The Kier molecular flexibility index (Phi) is 6.58. The van der Waals surface area contributed by atoms with E-state index in [1.807, 2.05) is 0 Å². The number of benzene rings is 2. The Balaban J connectivity index is 2.49. The summed E-state index contributed by atoms with van der Waals surface area (Å²) < 4.78 is 22.2. The summed E-state index contributed by atoms with van der Waals surface area (Å²) in [5.74, 6) is -0.451. The molecule has 9 heteroatoms. The lowest BCUT2D eigenvalue weighted by atomic mass is 10.1. The molecule has 0 aliphatic heterocycles. The quantitative estimate of drug-likeness (QED) is 0.541. The summed E-state index contributed by atoms with van der Waals surface area (Å²) in [6, 6.07) is 8.73. The molecule has 0 saturated carbocycles. The van der Waals surface area contributed by atoms with Crippen molar-refractivity contribution < 1.29 is 33.6 Å². The van der Waals surface area contributed by atoms with Gasteiger partial charge in [-0.1, -0.05) is 12.1 Å². The molecule has 0 aromatic heterocycles. The number of phenols is 2. The second-order valence-corrected chi connectivity index (χ2v) is 8.10. The van der Waals surface area contributed by atoms with Crippen molar-refractivity contribution in [3.8, 4) is 22.6 Å². The van der Waals surface area contributed by atoms with Gasteiger partial charge in [0.2, 0.25) is 8.38 Å². The lowest BCUT2D eigenvalue weighted by Crippen LogP contribution is -2.09. The Morgan fingerprint density at radius 3 is 2.20 bits per heavy atom. The van der Waals surface area contributed by atoms with Crippen LogP contribution >= 0.6 is 16.0 Å². The van der Waals surface area contributed by atoms with Crippen LogP contribution in [0.1, 0.15) is 13.8 Å². The Morgan fingerprint density at radius 2 is 1.60 bits per heavy atom. The minimum Gasteiger partial charge on any atom is -0.507 e. The summed E-state index contributed by atoms with van der Waals surface area (Å²) in [6.07, 6.45) is 0. The van der Waals surface area contributed by atoms with E-state index in [2.05, 4.69) is 0 Å². The van der Waals surface area contributed by atoms with Gasteiger partial charge in [-0.3, -0.25) is 4.57 Å². The maximum Gasteiger partial charge on any atom is 0.362 e. The largest absolute Gasteiger partial charge is 0.507 e. The summed E-state index contributed by atoms with van der Waals surface area (Å²) in [4.78, 5) is 20.0. The monoisotopic (exact) mass is 386 g/mol. The molecular formula is C16H20O7P2. The highest BCUT2D eigenvalue weighted by Gasteiger charge is 2.26. The van der Waals surface area contributed by atoms with Crippen molar-refractivity contribution in [3.05, 3.63) is 36.4 Å². The molecule has 0 radical (unpaired) electrons. The molecule has 0 aliphatic rings. The molecule has 2 aromatic carbocycles. The molecule has 2 atom stereocenters. The molecule has 0 fully saturated rings. The van der Waals surface area contributed by atoms with E-state index in [9.17, 15) is 24.6 Å². The summed E-state index contributed by atoms with van der Waals surface area (Å²) in [7, 11) is -6.12. The molecule has 0 bridgehead atoms. The molecule has 0 heterocycles. The number of phenolic OH excluding ortho intramolecular Hbond substituents is 2. The second kappa shape index (κ2) is 8.28. The van der Waals surface area contributed by atoms with E-state index in [1.165, 1.54) is 24.3 Å². The lowest BCUT2D eigenvalue weighted by molar-refractivity contribution is 0.283. The van der Waals surface area contributed by atoms with Crippen LogP contribution in [0.5, 0.6) is 11.5 Å². The third-order valence-electron chi connectivity index (χ3n) is 3.35. The fourth-order valence-corrected chi connectivity index (χ4v) is 4.28. The van der Waals surface area contributed by atoms with Crippen molar-refractivity contribution in [2.45, 2.75) is 13.8 Å². The highest BCUT2D eigenvalue weighted by molar-refractivity contribution is 7.61. The van der Waals surface area contributed by atoms with Gasteiger partial charge in [-0.2, -0.15) is 0 Å². The van der Waals surface area contributed by atoms with Gasteiger partial charge in [0, 0.05) is 0 Å². The summed E-state index contributed by atoms with van der Waals surface area (Å²) in [6.45, 7) is 3.61. The summed E-state index contributed by atoms with van der Waals surface area (Å²) >= 11 is 0. The predicted octanol–water partition coefficient (Wildman–Crippen LogP) is 2.58. The van der Waals surface area contributed by atoms with Gasteiger partial charge < -0.3 is 29.0 Å². The first kappa shape index (κ1) is 19.9. The van der Waals surface area contributed by atoms with Crippen LogP contribution in [0.3, 0.4) is 0 Å². The predicted molar refractivity (Wildman–Crippen MR) is 96.7 cm³/mol. The molecule has 4 N–H and O–H groups in total. The molecule has 2 unspecified atom stereocenters. The van der Waals surface area contributed by atoms with Crippen LogP contribution in [-0.4, -0.2) is 33.2 Å². The Bertz CT molecular complexity index is 794. The molecule has 0 spiro atoms. The zero-order valence-electron chi connectivity index (χ0n) is 13.8. The first-order chi connectivity index (χ1) is 11.8. The molecule has 2 aromatic rings. The van der Waals surface area contributed by atoms with Gasteiger partial charge in [-0.15, -0.1) is 0 Å². The summed E-state index contributed by atoms with van der Waals surface area (Å²) in [5.41, 5.74) is 1.09. The Morgan fingerprint density at radius 1 is 1.00 bits per heavy atom. The maximum absolute atomic E-state index is 12.2. The molecule has 0 amide bonds. The van der Waals surface area contributed by atoms with Gasteiger partial charge in [0.15, 0.2) is 0 Å². The Hall–Kier alpha value is -1.46. The zero-order valence-corrected chi connectivity index (χ0v) is 15.6. The van der Waals surface area contributed by atoms with Crippen LogP contribution in [0.2, 0.25) is 0 Å². The minimum absolute atomic E-state index is 0.0178. The van der Waals surface area contributed by atoms with Gasteiger partial charge in [-0.05, 0) is 49.2 Å². The average molecular weight is 386 g/mol. The average Bonchev–Trinajstić information content (AvgIpc) is 2.56. The number of aromatic hydroxyl groups is 2. The normalized spacial score (nSPS) is 14.9. The highest BCUT2D eigenvalue weighted by atomic mass is 31.2. The van der Waals surface area contributed by atoms with Crippen LogP contribution in [-0.2, 0) is 13.6 Å². The first-order valence-corrected chi connectivity index (χ1v) is 10.3. The standard InChI is InChI=1S/C16H20O7P2/c1-3-22-24(19)15-9-11(5-7-13(15)17)12-6-8-14(18)16(10-12)25(20,21)23-4-2/h5-10,17-19H,3-4H2,1-2H3,(H,20,21). The van der Waals surface area contributed by atoms with Gasteiger partial charge >= 0.3 is 7.60 Å². The van der Waals surface area contributed by atoms with Crippen LogP contribution < -0.4 is 10.6 Å². The van der Waals surface area contributed by atoms with Crippen molar-refractivity contribution in [1.29, 1.82) is 0 Å². The Labute approximate surface area is 146 Å². The third kappa shape index (κ3) is 4.59. The minimum atomic E-state index is -4.15. The topological polar surface area (TPSA) is 116 Å². The van der Waals surface area contributed by atoms with Crippen molar-refractivity contribution in [2.24, 2.45) is 0 Å². The van der Waals surface area contributed by atoms with Gasteiger partial charge in [0.05, 0.1) is 18.5 Å². The zero-order chi connectivity index (χ0) is 18.6. The maximum atomic E-state index is 12.2. The fraction of sp³-hybridized carbons (Fsp3) is 0.250. The molecule has 0 aliphatic carbocycles. The van der Waals surface area contributed by atoms with Gasteiger partial charge in [0.1, 0.15) is 16.8 Å². The van der Waals surface area contributed by atoms with E-state index in [4.69, 9.17) is 9.05 Å². The lowest BCUT2D eigenvalue weighted by Gasteiger charge is -2.15. The van der Waals surface area contributed by atoms with Crippen molar-refractivity contribution in [1.82, 2.24) is 0 Å². The van der Waals surface area contributed by atoms with E-state index in [1.54, 1.807) is 26.0 Å². The third-order valence-corrected chi connectivity index (χ3v) is 6.20. The molecule has 0 saturated heterocycles. The highest BCUT2D eigenvalue weighted by Crippen LogP contribution is 2.44. The van der Waals surface area contributed by atoms with E-state index < -0.39 is 16.0 Å². The van der Waals surface area contributed by atoms with Crippen LogP contribution in [0.4, 0.5) is 0 Å². The van der Waals surface area contributed by atoms with E-state index in [-0.39, 0.29) is 35.3 Å². The summed E-state index contributed by atoms with van der Waals surface area (Å²) in [5, 5.41) is 19.8. The van der Waals surface area contributed by atoms with E-state index >= 15 is 0 Å². The first-order valence-electron chi connectivity index (χ1n) is 7.56. The van der Waals surface area contributed by atoms with Crippen LogP contribution in [0.25, 0.3) is 11.1 Å². The van der Waals surface area contributed by atoms with E-state index in [0.29, 0.717) is 11.1 Å². The van der Waals surface area contributed by atoms with Crippen LogP contribution in [0, 0.1) is 0 Å². The fourth-order valence-electron chi connectivity index (χ4n) is 2.22. The number of hydrogen-bond acceptors (Lipinski definition) is 6. The van der Waals surface area contributed by atoms with Crippen molar-refractivity contribution in [3.63, 3.8) is 0 Å².